The molecule has 0 unspecified atom stereocenters. The highest BCUT2D eigenvalue weighted by atomic mass is 35.5. The van der Waals surface area contributed by atoms with Crippen molar-refractivity contribution in [2.45, 2.75) is 44.9 Å². The first-order valence-electron chi connectivity index (χ1n) is 12.5. The van der Waals surface area contributed by atoms with Gasteiger partial charge in [-0.15, -0.1) is 0 Å². The van der Waals surface area contributed by atoms with Gasteiger partial charge in [0.2, 0.25) is 5.91 Å². The van der Waals surface area contributed by atoms with Gasteiger partial charge in [-0.2, -0.15) is 0 Å². The fraction of sp³-hybridized carbons (Fsp3) is 0.310. The average molecular weight is 521 g/mol. The lowest BCUT2D eigenvalue weighted by atomic mass is 9.89. The van der Waals surface area contributed by atoms with Gasteiger partial charge in [0.05, 0.1) is 21.8 Å². The lowest BCUT2D eigenvalue weighted by Crippen LogP contribution is -2.39. The summed E-state index contributed by atoms with van der Waals surface area (Å²) in [6.45, 7) is -0.559. The molecule has 1 saturated carbocycles. The quantitative estimate of drug-likeness (QED) is 0.424. The molecule has 2 amide bonds. The van der Waals surface area contributed by atoms with Crippen LogP contribution in [0.15, 0.2) is 42.5 Å². The Balaban J connectivity index is 1.40. The van der Waals surface area contributed by atoms with Gasteiger partial charge in [0.15, 0.2) is 6.61 Å². The third kappa shape index (κ3) is 5.27. The van der Waals surface area contributed by atoms with E-state index < -0.39 is 24.3 Å². The number of para-hydroxylation sites is 1. The summed E-state index contributed by atoms with van der Waals surface area (Å²) in [5.41, 5.74) is 3.21. The van der Waals surface area contributed by atoms with Crippen molar-refractivity contribution in [2.75, 3.05) is 6.61 Å². The molecule has 0 saturated heterocycles. The first-order valence-corrected chi connectivity index (χ1v) is 12.9. The lowest BCUT2D eigenvalue weighted by molar-refractivity contribution is -0.135. The number of carbonyl (C=O) groups excluding carboxylic acids is 3. The molecule has 6 nitrogen and oxygen atoms in total. The second-order valence-electron chi connectivity index (χ2n) is 9.46. The van der Waals surface area contributed by atoms with E-state index in [9.17, 15) is 18.8 Å². The van der Waals surface area contributed by atoms with Crippen LogP contribution >= 0.6 is 11.6 Å². The number of nitrogens with zero attached hydrogens (tertiary/aromatic N) is 1. The van der Waals surface area contributed by atoms with Crippen molar-refractivity contribution < 1.29 is 23.5 Å². The third-order valence-corrected chi connectivity index (χ3v) is 7.37. The van der Waals surface area contributed by atoms with E-state index in [1.165, 1.54) is 6.07 Å². The fourth-order valence-electron chi connectivity index (χ4n) is 5.18. The number of rotatable bonds is 5. The molecule has 1 N–H and O–H groups in total. The Morgan fingerprint density at radius 1 is 1.05 bits per heavy atom. The maximum atomic E-state index is 14.4. The minimum absolute atomic E-state index is 0.172. The molecule has 37 heavy (non-hydrogen) atoms. The molecule has 3 aromatic rings. The lowest BCUT2D eigenvalue weighted by Gasteiger charge is -2.20. The van der Waals surface area contributed by atoms with Crippen molar-refractivity contribution in [3.05, 3.63) is 75.7 Å². The summed E-state index contributed by atoms with van der Waals surface area (Å²) in [4.78, 5) is 42.8. The molecule has 2 aliphatic rings. The summed E-state index contributed by atoms with van der Waals surface area (Å²) in [5, 5.41) is 3.26. The second kappa shape index (κ2) is 10.8. The number of amides is 2. The summed E-state index contributed by atoms with van der Waals surface area (Å²) in [6.07, 6.45) is 7.29. The van der Waals surface area contributed by atoms with Crippen molar-refractivity contribution in [3.8, 4) is 0 Å². The van der Waals surface area contributed by atoms with Gasteiger partial charge < -0.3 is 4.74 Å². The van der Waals surface area contributed by atoms with Gasteiger partial charge in [-0.25, -0.2) is 14.2 Å². The Morgan fingerprint density at radius 3 is 2.62 bits per heavy atom. The summed E-state index contributed by atoms with van der Waals surface area (Å²) in [5.74, 6) is -2.23. The van der Waals surface area contributed by atoms with Gasteiger partial charge in [0.25, 0.3) is 5.91 Å². The normalized spacial score (nSPS) is 16.5. The van der Waals surface area contributed by atoms with Crippen molar-refractivity contribution in [1.82, 2.24) is 10.3 Å². The van der Waals surface area contributed by atoms with Crippen molar-refractivity contribution >= 4 is 51.9 Å². The molecule has 0 spiro atoms. The number of esters is 1. The van der Waals surface area contributed by atoms with E-state index in [4.69, 9.17) is 21.3 Å². The molecule has 190 valence electrons. The Morgan fingerprint density at radius 2 is 1.84 bits per heavy atom. The largest absolute Gasteiger partial charge is 0.452 e. The molecule has 0 atom stereocenters. The molecule has 1 aromatic heterocycles. The van der Waals surface area contributed by atoms with Gasteiger partial charge in [0, 0.05) is 16.9 Å². The summed E-state index contributed by atoms with van der Waals surface area (Å²) in [7, 11) is 0. The molecule has 1 fully saturated rings. The molecule has 0 bridgehead atoms. The van der Waals surface area contributed by atoms with Crippen LogP contribution in [0.1, 0.15) is 65.7 Å². The molecular formula is C29H26ClFN2O4. The molecule has 0 radical (unpaired) electrons. The Kier molecular flexibility index (Phi) is 7.33. The molecule has 5 rings (SSSR count). The highest BCUT2D eigenvalue weighted by Gasteiger charge is 2.29. The van der Waals surface area contributed by atoms with E-state index in [-0.39, 0.29) is 22.4 Å². The summed E-state index contributed by atoms with van der Waals surface area (Å²) >= 11 is 6.23. The number of carbonyl (C=O) groups is 3. The molecular weight excluding hydrogens is 495 g/mol. The van der Waals surface area contributed by atoms with E-state index in [0.29, 0.717) is 40.6 Å². The van der Waals surface area contributed by atoms with Gasteiger partial charge >= 0.3 is 5.97 Å². The van der Waals surface area contributed by atoms with Gasteiger partial charge in [-0.05, 0) is 61.1 Å². The fourth-order valence-corrected chi connectivity index (χ4v) is 5.40. The zero-order chi connectivity index (χ0) is 25.9. The number of hydrogen-bond acceptors (Lipinski definition) is 5. The molecule has 8 heteroatoms. The number of halogens is 2. The smallest absolute Gasteiger partial charge is 0.339 e. The summed E-state index contributed by atoms with van der Waals surface area (Å²) < 4.78 is 19.8. The van der Waals surface area contributed by atoms with Crippen LogP contribution in [-0.2, 0) is 20.7 Å². The van der Waals surface area contributed by atoms with E-state index in [0.717, 1.165) is 37.7 Å². The molecule has 1 heterocycles. The molecule has 0 aliphatic heterocycles. The highest BCUT2D eigenvalue weighted by molar-refractivity contribution is 6.32. The zero-order valence-electron chi connectivity index (χ0n) is 20.2. The molecule has 2 aliphatic carbocycles. The highest BCUT2D eigenvalue weighted by Crippen LogP contribution is 2.38. The van der Waals surface area contributed by atoms with E-state index in [1.54, 1.807) is 36.4 Å². The topological polar surface area (TPSA) is 85.4 Å². The third-order valence-electron chi connectivity index (χ3n) is 7.04. The Labute approximate surface area is 218 Å². The minimum Gasteiger partial charge on any atom is -0.452 e. The van der Waals surface area contributed by atoms with Crippen LogP contribution in [0.5, 0.6) is 0 Å². The standard InChI is InChI=1S/C29H26ClFN2O4/c30-22-10-6-11-23(31)21(22)15-18-13-14-20-26(19-9-4-5-12-24(19)32-27(18)20)29(36)37-16-25(34)33-28(35)17-7-2-1-3-8-17/h4-6,9-12,15,17H,1-3,7-8,13-14,16H2,(H,33,34,35). The Bertz CT molecular complexity index is 1410. The number of pyridine rings is 1. The SMILES string of the molecule is O=C(COC(=O)c1c2c(nc3ccccc13)C(=Cc1c(F)cccc1Cl)CC2)NC(=O)C1CCCCC1. The van der Waals surface area contributed by atoms with Crippen molar-refractivity contribution in [1.29, 1.82) is 0 Å². The Hall–Kier alpha value is -3.58. The predicted octanol–water partition coefficient (Wildman–Crippen LogP) is 5.89. The van der Waals surface area contributed by atoms with Crippen LogP contribution in [0.4, 0.5) is 4.39 Å². The van der Waals surface area contributed by atoms with Crippen molar-refractivity contribution in [2.24, 2.45) is 5.92 Å². The van der Waals surface area contributed by atoms with E-state index in [1.807, 2.05) is 6.07 Å². The second-order valence-corrected chi connectivity index (χ2v) is 9.87. The average Bonchev–Trinajstić information content (AvgIpc) is 3.30. The minimum atomic E-state index is -0.666. The number of hydrogen-bond donors (Lipinski definition) is 1. The first kappa shape index (κ1) is 25.1. The zero-order valence-corrected chi connectivity index (χ0v) is 20.9. The predicted molar refractivity (Wildman–Crippen MR) is 139 cm³/mol. The molecule has 2 aromatic carbocycles. The van der Waals surface area contributed by atoms with Gasteiger partial charge in [-0.1, -0.05) is 55.1 Å². The summed E-state index contributed by atoms with van der Waals surface area (Å²) in [6, 6.07) is 11.7. The maximum Gasteiger partial charge on any atom is 0.339 e. The van der Waals surface area contributed by atoms with Crippen molar-refractivity contribution in [3.63, 3.8) is 0 Å². The number of allylic oxidation sites excluding steroid dienone is 1. The number of aromatic nitrogens is 1. The van der Waals surface area contributed by atoms with Crippen LogP contribution < -0.4 is 5.32 Å². The van der Waals surface area contributed by atoms with Crippen LogP contribution in [0, 0.1) is 11.7 Å². The number of fused-ring (bicyclic) bond motifs is 2. The van der Waals surface area contributed by atoms with Crippen LogP contribution in [0.2, 0.25) is 5.02 Å². The number of ether oxygens (including phenoxy) is 1. The number of benzene rings is 2. The monoisotopic (exact) mass is 520 g/mol. The van der Waals surface area contributed by atoms with E-state index in [2.05, 4.69) is 5.32 Å². The number of imide groups is 1. The maximum absolute atomic E-state index is 14.4. The van der Waals surface area contributed by atoms with Gasteiger partial charge in [-0.3, -0.25) is 14.9 Å². The van der Waals surface area contributed by atoms with E-state index >= 15 is 0 Å². The first-order chi connectivity index (χ1) is 17.9. The van der Waals surface area contributed by atoms with Crippen LogP contribution in [0.25, 0.3) is 22.6 Å². The van der Waals surface area contributed by atoms with Gasteiger partial charge in [0.1, 0.15) is 5.82 Å². The number of nitrogens with one attached hydrogen (secondary N) is 1. The van der Waals surface area contributed by atoms with Crippen LogP contribution in [-0.4, -0.2) is 29.4 Å². The van der Waals surface area contributed by atoms with Crippen LogP contribution in [0.3, 0.4) is 0 Å².